The van der Waals surface area contributed by atoms with Crippen molar-refractivity contribution in [1.29, 1.82) is 0 Å². The van der Waals surface area contributed by atoms with Gasteiger partial charge in [0, 0.05) is 13.6 Å². The van der Waals surface area contributed by atoms with Crippen molar-refractivity contribution in [2.75, 3.05) is 19.5 Å². The molecule has 7 nitrogen and oxygen atoms in total. The molecule has 8 heteroatoms. The van der Waals surface area contributed by atoms with Crippen LogP contribution in [0.5, 0.6) is 17.4 Å². The van der Waals surface area contributed by atoms with Gasteiger partial charge in [-0.15, -0.1) is 0 Å². The highest BCUT2D eigenvalue weighted by atomic mass is 35.5. The summed E-state index contributed by atoms with van der Waals surface area (Å²) in [5, 5.41) is 3.39. The van der Waals surface area contributed by atoms with E-state index in [1.807, 2.05) is 38.1 Å². The highest BCUT2D eigenvalue weighted by Gasteiger charge is 2.28. The van der Waals surface area contributed by atoms with Crippen molar-refractivity contribution in [3.63, 3.8) is 0 Å². The number of hydrogen-bond donors (Lipinski definition) is 1. The van der Waals surface area contributed by atoms with Gasteiger partial charge in [-0.1, -0.05) is 23.7 Å². The zero-order valence-electron chi connectivity index (χ0n) is 17.1. The van der Waals surface area contributed by atoms with Crippen LogP contribution in [-0.4, -0.2) is 34.9 Å². The van der Waals surface area contributed by atoms with Gasteiger partial charge in [-0.05, 0) is 48.7 Å². The Labute approximate surface area is 179 Å². The minimum absolute atomic E-state index is 0.0935. The molecule has 1 aliphatic heterocycles. The number of nitrogens with one attached hydrogen (secondary N) is 1. The minimum Gasteiger partial charge on any atom is -0.495 e. The Balaban J connectivity index is 1.66. The lowest BCUT2D eigenvalue weighted by Crippen LogP contribution is -2.17. The predicted molar refractivity (Wildman–Crippen MR) is 115 cm³/mol. The summed E-state index contributed by atoms with van der Waals surface area (Å²) in [7, 11) is 3.36. The second kappa shape index (κ2) is 7.84. The first-order valence-corrected chi connectivity index (χ1v) is 9.75. The van der Waals surface area contributed by atoms with Crippen molar-refractivity contribution in [1.82, 2.24) is 14.9 Å². The smallest absolute Gasteiger partial charge is 0.258 e. The molecule has 0 atom stereocenters. The molecule has 0 saturated heterocycles. The molecule has 1 N–H and O–H groups in total. The number of aryl methyl sites for hydroxylation is 2. The van der Waals surface area contributed by atoms with Crippen LogP contribution in [0.2, 0.25) is 5.02 Å². The van der Waals surface area contributed by atoms with Crippen LogP contribution in [0.1, 0.15) is 27.0 Å². The zero-order chi connectivity index (χ0) is 21.4. The first-order chi connectivity index (χ1) is 14.4. The summed E-state index contributed by atoms with van der Waals surface area (Å²) in [5.74, 6) is 1.45. The molecule has 0 radical (unpaired) electrons. The fourth-order valence-electron chi connectivity index (χ4n) is 3.32. The largest absolute Gasteiger partial charge is 0.495 e. The molecule has 2 heterocycles. The van der Waals surface area contributed by atoms with Crippen LogP contribution in [-0.2, 0) is 6.54 Å². The van der Waals surface area contributed by atoms with Crippen LogP contribution in [0, 0.1) is 13.8 Å². The van der Waals surface area contributed by atoms with Gasteiger partial charge in [-0.25, -0.2) is 4.98 Å². The SMILES string of the molecule is COc1cc(C)c(C)cc1Nc1ncc(Cl)c(Oc2cccc3c2C(=O)N(C)C3)n1. The van der Waals surface area contributed by atoms with Gasteiger partial charge in [0.2, 0.25) is 11.8 Å². The van der Waals surface area contributed by atoms with Gasteiger partial charge in [0.05, 0.1) is 24.6 Å². The van der Waals surface area contributed by atoms with Crippen LogP contribution in [0.15, 0.2) is 36.5 Å². The van der Waals surface area contributed by atoms with Crippen molar-refractivity contribution in [2.45, 2.75) is 20.4 Å². The molecule has 0 bridgehead atoms. The number of anilines is 2. The highest BCUT2D eigenvalue weighted by molar-refractivity contribution is 6.31. The lowest BCUT2D eigenvalue weighted by Gasteiger charge is -2.14. The quantitative estimate of drug-likeness (QED) is 0.629. The molecule has 3 aromatic rings. The number of benzene rings is 2. The van der Waals surface area contributed by atoms with E-state index in [0.717, 1.165) is 22.4 Å². The third kappa shape index (κ3) is 3.64. The summed E-state index contributed by atoms with van der Waals surface area (Å²) < 4.78 is 11.4. The summed E-state index contributed by atoms with van der Waals surface area (Å²) in [6.07, 6.45) is 1.46. The Hall–Kier alpha value is -3.32. The van der Waals surface area contributed by atoms with Gasteiger partial charge < -0.3 is 19.7 Å². The lowest BCUT2D eigenvalue weighted by molar-refractivity contribution is 0.0814. The van der Waals surface area contributed by atoms with E-state index in [1.165, 1.54) is 6.20 Å². The zero-order valence-corrected chi connectivity index (χ0v) is 17.9. The van der Waals surface area contributed by atoms with Crippen LogP contribution in [0.3, 0.4) is 0 Å². The van der Waals surface area contributed by atoms with E-state index in [1.54, 1.807) is 25.1 Å². The number of carbonyl (C=O) groups is 1. The number of rotatable bonds is 5. The summed E-state index contributed by atoms with van der Waals surface area (Å²) in [6, 6.07) is 9.39. The van der Waals surface area contributed by atoms with E-state index in [0.29, 0.717) is 29.6 Å². The van der Waals surface area contributed by atoms with Gasteiger partial charge in [-0.3, -0.25) is 4.79 Å². The number of methoxy groups -OCH3 is 1. The molecule has 0 spiro atoms. The predicted octanol–water partition coefficient (Wildman–Crippen LogP) is 4.88. The number of amides is 1. The van der Waals surface area contributed by atoms with Crippen molar-refractivity contribution >= 4 is 29.1 Å². The van der Waals surface area contributed by atoms with Crippen molar-refractivity contribution in [3.8, 4) is 17.4 Å². The third-order valence-corrected chi connectivity index (χ3v) is 5.32. The average Bonchev–Trinajstić information content (AvgIpc) is 3.01. The highest BCUT2D eigenvalue weighted by Crippen LogP contribution is 2.36. The maximum Gasteiger partial charge on any atom is 0.258 e. The number of carbonyl (C=O) groups excluding carboxylic acids is 1. The topological polar surface area (TPSA) is 76.6 Å². The van der Waals surface area contributed by atoms with E-state index in [-0.39, 0.29) is 16.8 Å². The van der Waals surface area contributed by atoms with Gasteiger partial charge in [0.1, 0.15) is 16.5 Å². The molecule has 1 aliphatic rings. The normalized spacial score (nSPS) is 12.7. The van der Waals surface area contributed by atoms with Gasteiger partial charge in [-0.2, -0.15) is 4.98 Å². The molecule has 2 aromatic carbocycles. The van der Waals surface area contributed by atoms with E-state index >= 15 is 0 Å². The molecular formula is C22H21ClN4O3. The molecule has 4 rings (SSSR count). The number of fused-ring (bicyclic) bond motifs is 1. The van der Waals surface area contributed by atoms with E-state index in [2.05, 4.69) is 15.3 Å². The maximum atomic E-state index is 12.5. The minimum atomic E-state index is -0.0935. The molecule has 0 saturated carbocycles. The van der Waals surface area contributed by atoms with E-state index in [4.69, 9.17) is 21.1 Å². The van der Waals surface area contributed by atoms with Gasteiger partial charge >= 0.3 is 0 Å². The Morgan fingerprint density at radius 2 is 1.93 bits per heavy atom. The van der Waals surface area contributed by atoms with Gasteiger partial charge in [0.15, 0.2) is 0 Å². The van der Waals surface area contributed by atoms with Crippen molar-refractivity contribution in [3.05, 3.63) is 63.8 Å². The summed E-state index contributed by atoms with van der Waals surface area (Å²) in [6.45, 7) is 4.58. The van der Waals surface area contributed by atoms with Crippen molar-refractivity contribution < 1.29 is 14.3 Å². The first kappa shape index (κ1) is 20.0. The number of halogens is 1. The standard InChI is InChI=1S/C22H21ClN4O3/c1-12-8-16(18(29-4)9-13(12)2)25-22-24-10-15(23)20(26-22)30-17-7-5-6-14-11-27(3)21(28)19(14)17/h5-10H,11H2,1-4H3,(H,24,25,26). The van der Waals surface area contributed by atoms with Crippen LogP contribution in [0.25, 0.3) is 0 Å². The molecule has 30 heavy (non-hydrogen) atoms. The average molecular weight is 425 g/mol. The second-order valence-corrected chi connectivity index (χ2v) is 7.57. The fourth-order valence-corrected chi connectivity index (χ4v) is 3.45. The summed E-state index contributed by atoms with van der Waals surface area (Å²) >= 11 is 6.27. The van der Waals surface area contributed by atoms with Crippen LogP contribution in [0.4, 0.5) is 11.6 Å². The Morgan fingerprint density at radius 3 is 2.70 bits per heavy atom. The second-order valence-electron chi connectivity index (χ2n) is 7.16. The number of nitrogens with zero attached hydrogens (tertiary/aromatic N) is 3. The molecule has 0 aliphatic carbocycles. The molecular weight excluding hydrogens is 404 g/mol. The van der Waals surface area contributed by atoms with Gasteiger partial charge in [0.25, 0.3) is 5.91 Å². The molecule has 1 aromatic heterocycles. The summed E-state index contributed by atoms with van der Waals surface area (Å²) in [5.41, 5.74) is 4.38. The van der Waals surface area contributed by atoms with E-state index < -0.39 is 0 Å². The van der Waals surface area contributed by atoms with Crippen LogP contribution >= 0.6 is 11.6 Å². The Kier molecular flexibility index (Phi) is 5.22. The lowest BCUT2D eigenvalue weighted by atomic mass is 10.1. The van der Waals surface area contributed by atoms with E-state index in [9.17, 15) is 4.79 Å². The monoisotopic (exact) mass is 424 g/mol. The van der Waals surface area contributed by atoms with Crippen LogP contribution < -0.4 is 14.8 Å². The Bertz CT molecular complexity index is 1150. The molecule has 0 unspecified atom stereocenters. The number of ether oxygens (including phenoxy) is 2. The summed E-state index contributed by atoms with van der Waals surface area (Å²) in [4.78, 5) is 22.8. The fraction of sp³-hybridized carbons (Fsp3) is 0.227. The maximum absolute atomic E-state index is 12.5. The molecule has 1 amide bonds. The molecule has 0 fully saturated rings. The van der Waals surface area contributed by atoms with Crippen molar-refractivity contribution in [2.24, 2.45) is 0 Å². The Morgan fingerprint density at radius 1 is 1.17 bits per heavy atom. The third-order valence-electron chi connectivity index (χ3n) is 5.06. The number of hydrogen-bond acceptors (Lipinski definition) is 6. The number of aromatic nitrogens is 2. The first-order valence-electron chi connectivity index (χ1n) is 9.37. The molecule has 154 valence electrons.